The van der Waals surface area contributed by atoms with Gasteiger partial charge in [-0.15, -0.1) is 0 Å². The van der Waals surface area contributed by atoms with E-state index in [2.05, 4.69) is 4.98 Å². The lowest BCUT2D eigenvalue weighted by atomic mass is 9.95. The Hall–Kier alpha value is -2.38. The second-order valence-electron chi connectivity index (χ2n) is 10.2. The van der Waals surface area contributed by atoms with E-state index >= 15 is 0 Å². The molecule has 39 heavy (non-hydrogen) atoms. The van der Waals surface area contributed by atoms with Crippen LogP contribution >= 0.6 is 11.3 Å². The van der Waals surface area contributed by atoms with Crippen LogP contribution in [0.25, 0.3) is 10.2 Å². The minimum Gasteiger partial charge on any atom is -0.308 e. The summed E-state index contributed by atoms with van der Waals surface area (Å²) in [7, 11) is -3.40. The van der Waals surface area contributed by atoms with Crippen LogP contribution in [0.2, 0.25) is 0 Å². The Bertz CT molecular complexity index is 1530. The predicted molar refractivity (Wildman–Crippen MR) is 156 cm³/mol. The molecular weight excluding hydrogens is 557 g/mol. The van der Waals surface area contributed by atoms with Gasteiger partial charge in [0.2, 0.25) is 10.0 Å². The van der Waals surface area contributed by atoms with Crippen molar-refractivity contribution in [2.45, 2.75) is 54.9 Å². The molecule has 9 nitrogen and oxygen atoms in total. The van der Waals surface area contributed by atoms with Crippen molar-refractivity contribution < 1.29 is 21.6 Å². The average molecular weight is 593 g/mol. The number of likely N-dealkylation sites (N-methyl/N-ethyl adjacent to an activating group) is 1. The Morgan fingerprint density at radius 1 is 0.974 bits per heavy atom. The van der Waals surface area contributed by atoms with Crippen molar-refractivity contribution in [3.05, 3.63) is 48.0 Å². The second kappa shape index (κ2) is 12.0. The molecule has 12 heteroatoms. The van der Waals surface area contributed by atoms with E-state index in [-0.39, 0.29) is 21.7 Å². The van der Waals surface area contributed by atoms with Gasteiger partial charge in [0.1, 0.15) is 5.52 Å². The monoisotopic (exact) mass is 592 g/mol. The first-order valence-electron chi connectivity index (χ1n) is 13.1. The zero-order chi connectivity index (χ0) is 28.4. The Balaban J connectivity index is 1.66. The lowest BCUT2D eigenvalue weighted by Gasteiger charge is -2.32. The molecule has 0 aliphatic heterocycles. The first-order valence-corrected chi connectivity index (χ1v) is 17.3. The molecule has 0 bridgehead atoms. The summed E-state index contributed by atoms with van der Waals surface area (Å²) in [5.74, 6) is -0.333. The highest BCUT2D eigenvalue weighted by Crippen LogP contribution is 2.34. The van der Waals surface area contributed by atoms with E-state index in [1.807, 2.05) is 25.9 Å². The molecule has 0 saturated heterocycles. The number of hydrogen-bond acceptors (Lipinski definition) is 8. The maximum absolute atomic E-state index is 13.7. The zero-order valence-electron chi connectivity index (χ0n) is 22.8. The van der Waals surface area contributed by atoms with Crippen molar-refractivity contribution in [3.63, 3.8) is 0 Å². The molecule has 0 atom stereocenters. The summed E-state index contributed by atoms with van der Waals surface area (Å²) in [6.07, 6.45) is 6.08. The van der Waals surface area contributed by atoms with E-state index in [1.54, 1.807) is 28.6 Å². The van der Waals surface area contributed by atoms with Gasteiger partial charge in [-0.3, -0.25) is 9.69 Å². The van der Waals surface area contributed by atoms with E-state index in [4.69, 9.17) is 0 Å². The molecule has 1 saturated carbocycles. The fourth-order valence-corrected chi connectivity index (χ4v) is 8.57. The van der Waals surface area contributed by atoms with Gasteiger partial charge < -0.3 is 4.90 Å². The molecule has 3 aromatic rings. The molecule has 1 fully saturated rings. The number of carbonyl (C=O) groups excluding carboxylic acids is 1. The number of nitrogens with zero attached hydrogens (tertiary/aromatic N) is 4. The van der Waals surface area contributed by atoms with Crippen molar-refractivity contribution in [1.82, 2.24) is 14.2 Å². The molecule has 1 aromatic heterocycles. The Kier molecular flexibility index (Phi) is 9.12. The molecule has 4 rings (SSSR count). The van der Waals surface area contributed by atoms with Crippen molar-refractivity contribution in [2.24, 2.45) is 0 Å². The van der Waals surface area contributed by atoms with Gasteiger partial charge in [0.25, 0.3) is 5.91 Å². The number of hydrogen-bond donors (Lipinski definition) is 0. The summed E-state index contributed by atoms with van der Waals surface area (Å²) in [6, 6.07) is 11.1. The van der Waals surface area contributed by atoms with Crippen LogP contribution in [-0.4, -0.2) is 83.0 Å². The maximum Gasteiger partial charge on any atom is 0.260 e. The summed E-state index contributed by atoms with van der Waals surface area (Å²) in [5.41, 5.74) is 0.669. The van der Waals surface area contributed by atoms with E-state index < -0.39 is 19.9 Å². The Morgan fingerprint density at radius 3 is 2.23 bits per heavy atom. The lowest BCUT2D eigenvalue weighted by molar-refractivity contribution is 0.0985. The molecule has 0 radical (unpaired) electrons. The molecule has 1 aliphatic carbocycles. The van der Waals surface area contributed by atoms with Crippen LogP contribution in [0.5, 0.6) is 0 Å². The quantitative estimate of drug-likeness (QED) is 0.346. The van der Waals surface area contributed by atoms with Crippen LogP contribution in [0.4, 0.5) is 5.13 Å². The molecule has 1 heterocycles. The summed E-state index contributed by atoms with van der Waals surface area (Å²) in [6.45, 7) is 3.14. The van der Waals surface area contributed by atoms with E-state index in [1.165, 1.54) is 34.4 Å². The van der Waals surface area contributed by atoms with Crippen molar-refractivity contribution in [2.75, 3.05) is 44.9 Å². The van der Waals surface area contributed by atoms with E-state index in [0.717, 1.165) is 38.4 Å². The molecule has 1 aliphatic rings. The number of para-hydroxylation sites is 1. The van der Waals surface area contributed by atoms with Crippen molar-refractivity contribution in [1.29, 1.82) is 0 Å². The summed E-state index contributed by atoms with van der Waals surface area (Å²) < 4.78 is 53.8. The minimum absolute atomic E-state index is 0.00689. The van der Waals surface area contributed by atoms with E-state index in [9.17, 15) is 21.6 Å². The molecule has 1 amide bonds. The molecule has 0 N–H and O–H groups in total. The molecule has 0 spiro atoms. The average Bonchev–Trinajstić information content (AvgIpc) is 3.33. The number of rotatable bonds is 10. The number of benzene rings is 2. The van der Waals surface area contributed by atoms with Gasteiger partial charge >= 0.3 is 0 Å². The van der Waals surface area contributed by atoms with Gasteiger partial charge in [-0.1, -0.05) is 43.6 Å². The third-order valence-electron chi connectivity index (χ3n) is 7.02. The summed E-state index contributed by atoms with van der Waals surface area (Å²) >= 11 is 1.25. The van der Waals surface area contributed by atoms with Crippen molar-refractivity contribution in [3.8, 4) is 0 Å². The predicted octanol–water partition coefficient (Wildman–Crippen LogP) is 4.25. The number of carbonyl (C=O) groups is 1. The second-order valence-corrected chi connectivity index (χ2v) is 15.0. The fraction of sp³-hybridized carbons (Fsp3) is 0.481. The van der Waals surface area contributed by atoms with Gasteiger partial charge in [0.15, 0.2) is 15.0 Å². The van der Waals surface area contributed by atoms with Gasteiger partial charge in [-0.2, -0.15) is 4.31 Å². The number of sulfone groups is 1. The normalized spacial score (nSPS) is 15.3. The van der Waals surface area contributed by atoms with Crippen LogP contribution in [0.15, 0.2) is 52.3 Å². The number of fused-ring (bicyclic) bond motifs is 1. The molecule has 2 aromatic carbocycles. The molecule has 212 valence electrons. The number of sulfonamides is 1. The maximum atomic E-state index is 13.7. The zero-order valence-corrected chi connectivity index (χ0v) is 25.3. The van der Waals surface area contributed by atoms with Crippen LogP contribution in [0, 0.1) is 0 Å². The van der Waals surface area contributed by atoms with Crippen LogP contribution < -0.4 is 4.90 Å². The van der Waals surface area contributed by atoms with Crippen LogP contribution in [0.3, 0.4) is 0 Å². The Morgan fingerprint density at radius 2 is 1.64 bits per heavy atom. The highest BCUT2D eigenvalue weighted by molar-refractivity contribution is 7.91. The first-order chi connectivity index (χ1) is 18.4. The van der Waals surface area contributed by atoms with Gasteiger partial charge in [0, 0.05) is 37.5 Å². The minimum atomic E-state index is -3.69. The lowest BCUT2D eigenvalue weighted by Crippen LogP contribution is -2.41. The van der Waals surface area contributed by atoms with Gasteiger partial charge in [-0.25, -0.2) is 21.8 Å². The van der Waals surface area contributed by atoms with Crippen molar-refractivity contribution >= 4 is 52.5 Å². The standard InChI is InChI=1S/C27H36N4O5S3/c1-5-31(21-10-7-6-8-11-21)39(35,36)22-16-14-20(15-17-22)26(32)30(19-18-29(2)3)27-28-25-23(37-27)12-9-13-24(25)38(4,33)34/h9,12-17,21H,5-8,10-11,18-19H2,1-4H3. The van der Waals surface area contributed by atoms with E-state index in [0.29, 0.717) is 40.5 Å². The molecular formula is C27H36N4O5S3. The SMILES string of the molecule is CCN(C1CCCCC1)S(=O)(=O)c1ccc(C(=O)N(CCN(C)C)c2nc3c(S(C)(=O)=O)cccc3s2)cc1. The highest BCUT2D eigenvalue weighted by atomic mass is 32.2. The third kappa shape index (κ3) is 6.51. The topological polar surface area (TPSA) is 108 Å². The fourth-order valence-electron chi connectivity index (χ4n) is 4.96. The van der Waals surface area contributed by atoms with Gasteiger partial charge in [0.05, 0.1) is 14.5 Å². The number of thiazole rings is 1. The summed E-state index contributed by atoms with van der Waals surface area (Å²) in [5, 5.41) is 0.388. The number of amides is 1. The third-order valence-corrected chi connectivity index (χ3v) is 11.2. The number of aromatic nitrogens is 1. The highest BCUT2D eigenvalue weighted by Gasteiger charge is 2.31. The van der Waals surface area contributed by atoms with Gasteiger partial charge in [-0.05, 0) is 63.3 Å². The number of anilines is 1. The summed E-state index contributed by atoms with van der Waals surface area (Å²) in [4.78, 5) is 22.0. The largest absolute Gasteiger partial charge is 0.308 e. The van der Waals surface area contributed by atoms with Crippen LogP contribution in [0.1, 0.15) is 49.4 Å². The Labute approximate surface area is 235 Å². The van der Waals surface area contributed by atoms with Crippen LogP contribution in [-0.2, 0) is 19.9 Å². The smallest absolute Gasteiger partial charge is 0.260 e. The first kappa shape index (κ1) is 29.6. The molecule has 0 unspecified atom stereocenters.